The van der Waals surface area contributed by atoms with Gasteiger partial charge in [0, 0.05) is 7.11 Å². The van der Waals surface area contributed by atoms with Crippen LogP contribution in [-0.2, 0) is 14.3 Å². The van der Waals surface area contributed by atoms with Crippen LogP contribution in [0.2, 0.25) is 0 Å². The van der Waals surface area contributed by atoms with Gasteiger partial charge in [-0.15, -0.1) is 11.8 Å². The number of carbonyl (C=O) groups excluding carboxylic acids is 1. The van der Waals surface area contributed by atoms with Gasteiger partial charge in [-0.25, -0.2) is 0 Å². The third-order valence-corrected chi connectivity index (χ3v) is 3.51. The first-order valence-electron chi connectivity index (χ1n) is 4.64. The van der Waals surface area contributed by atoms with Crippen LogP contribution in [0.5, 0.6) is 0 Å². The fourth-order valence-corrected chi connectivity index (χ4v) is 0.896. The fourth-order valence-electron chi connectivity index (χ4n) is 0.682. The van der Waals surface area contributed by atoms with E-state index in [-0.39, 0.29) is 18.2 Å². The maximum atomic E-state index is 11.6. The summed E-state index contributed by atoms with van der Waals surface area (Å²) in [7, 11) is 1.61. The molecule has 0 aromatic rings. The monoisotopic (exact) mass is 220 g/mol. The fraction of sp³-hybridized carbons (Fsp3) is 0.900. The second-order valence-electron chi connectivity index (χ2n) is 3.77. The summed E-state index contributed by atoms with van der Waals surface area (Å²) in [5.41, 5.74) is 0. The number of hydrogen-bond acceptors (Lipinski definition) is 4. The van der Waals surface area contributed by atoms with Gasteiger partial charge in [-0.2, -0.15) is 0 Å². The van der Waals surface area contributed by atoms with Crippen molar-refractivity contribution in [3.05, 3.63) is 0 Å². The molecule has 0 heterocycles. The van der Waals surface area contributed by atoms with E-state index in [0.717, 1.165) is 0 Å². The first kappa shape index (κ1) is 13.8. The molecule has 4 heteroatoms. The van der Waals surface area contributed by atoms with Gasteiger partial charge in [0.15, 0.2) is 0 Å². The smallest absolute Gasteiger partial charge is 0.321 e. The first-order valence-corrected chi connectivity index (χ1v) is 5.86. The van der Waals surface area contributed by atoms with Crippen molar-refractivity contribution < 1.29 is 14.3 Å². The lowest BCUT2D eigenvalue weighted by molar-refractivity contribution is -0.156. The Morgan fingerprint density at radius 1 is 1.29 bits per heavy atom. The summed E-state index contributed by atoms with van der Waals surface area (Å²) < 4.78 is 9.86. The lowest BCUT2D eigenvalue weighted by atomic mass is 10.2. The van der Waals surface area contributed by atoms with E-state index >= 15 is 0 Å². The maximum absolute atomic E-state index is 11.6. The van der Waals surface area contributed by atoms with Crippen LogP contribution in [0.1, 0.15) is 27.7 Å². The highest BCUT2D eigenvalue weighted by molar-refractivity contribution is 8.00. The summed E-state index contributed by atoms with van der Waals surface area (Å²) in [6.45, 7) is 7.42. The topological polar surface area (TPSA) is 35.5 Å². The molecule has 3 nitrogen and oxygen atoms in total. The van der Waals surface area contributed by atoms with E-state index in [4.69, 9.17) is 9.47 Å². The highest BCUT2D eigenvalue weighted by Gasteiger charge is 2.30. The van der Waals surface area contributed by atoms with E-state index < -0.39 is 4.75 Å². The Morgan fingerprint density at radius 3 is 2.14 bits per heavy atom. The van der Waals surface area contributed by atoms with Gasteiger partial charge >= 0.3 is 5.97 Å². The number of carbonyl (C=O) groups is 1. The average molecular weight is 220 g/mol. The highest BCUT2D eigenvalue weighted by Crippen LogP contribution is 2.23. The normalized spacial score (nSPS) is 16.1. The lowest BCUT2D eigenvalue weighted by Gasteiger charge is -2.25. The predicted octanol–water partition coefficient (Wildman–Crippen LogP) is 2.09. The van der Waals surface area contributed by atoms with Crippen molar-refractivity contribution in [1.82, 2.24) is 0 Å². The molecule has 0 radical (unpaired) electrons. The molecule has 2 atom stereocenters. The summed E-state index contributed by atoms with van der Waals surface area (Å²) >= 11 is 1.48. The zero-order valence-corrected chi connectivity index (χ0v) is 10.6. The molecule has 0 fully saturated rings. The quantitative estimate of drug-likeness (QED) is 0.665. The standard InChI is InChI=1S/C10H20O3S/c1-7(12-5)8(2)13-9(11)10(3,4)14-6/h7-8H,1-6H3. The molecule has 0 N–H and O–H groups in total. The molecule has 0 spiro atoms. The van der Waals surface area contributed by atoms with Crippen molar-refractivity contribution in [3.8, 4) is 0 Å². The van der Waals surface area contributed by atoms with Crippen LogP contribution in [0, 0.1) is 0 Å². The SMILES string of the molecule is COC(C)C(C)OC(=O)C(C)(C)SC. The van der Waals surface area contributed by atoms with Crippen LogP contribution in [0.25, 0.3) is 0 Å². The van der Waals surface area contributed by atoms with Gasteiger partial charge in [0.05, 0.1) is 6.10 Å². The molecule has 0 aliphatic heterocycles. The van der Waals surface area contributed by atoms with Crippen LogP contribution < -0.4 is 0 Å². The molecular formula is C10H20O3S. The van der Waals surface area contributed by atoms with Gasteiger partial charge in [-0.05, 0) is 34.0 Å². The minimum Gasteiger partial charge on any atom is -0.459 e. The molecule has 2 unspecified atom stereocenters. The van der Waals surface area contributed by atoms with E-state index in [1.165, 1.54) is 11.8 Å². The van der Waals surface area contributed by atoms with Gasteiger partial charge in [0.2, 0.25) is 0 Å². The number of rotatable bonds is 5. The molecule has 0 aromatic carbocycles. The lowest BCUT2D eigenvalue weighted by Crippen LogP contribution is -2.36. The molecular weight excluding hydrogens is 200 g/mol. The Hall–Kier alpha value is -0.220. The van der Waals surface area contributed by atoms with E-state index in [1.807, 2.05) is 34.0 Å². The summed E-state index contributed by atoms with van der Waals surface area (Å²) in [4.78, 5) is 11.6. The third-order valence-electron chi connectivity index (χ3n) is 2.33. The minimum absolute atomic E-state index is 0.0726. The van der Waals surface area contributed by atoms with Gasteiger partial charge in [0.1, 0.15) is 10.9 Å². The second kappa shape index (κ2) is 5.61. The van der Waals surface area contributed by atoms with Crippen LogP contribution in [0.15, 0.2) is 0 Å². The third kappa shape index (κ3) is 3.88. The number of esters is 1. The van der Waals surface area contributed by atoms with Crippen LogP contribution in [0.4, 0.5) is 0 Å². The molecule has 0 saturated heterocycles. The van der Waals surface area contributed by atoms with Crippen molar-refractivity contribution in [1.29, 1.82) is 0 Å². The van der Waals surface area contributed by atoms with Crippen molar-refractivity contribution >= 4 is 17.7 Å². The van der Waals surface area contributed by atoms with Gasteiger partial charge < -0.3 is 9.47 Å². The number of ether oxygens (including phenoxy) is 2. The Bertz CT molecular complexity index is 192. The van der Waals surface area contributed by atoms with Gasteiger partial charge in [-0.1, -0.05) is 0 Å². The molecule has 0 aromatic heterocycles. The molecule has 0 aliphatic carbocycles. The van der Waals surface area contributed by atoms with Crippen LogP contribution >= 0.6 is 11.8 Å². The van der Waals surface area contributed by atoms with E-state index in [2.05, 4.69) is 0 Å². The average Bonchev–Trinajstić information content (AvgIpc) is 2.16. The molecule has 0 amide bonds. The molecule has 84 valence electrons. The summed E-state index contributed by atoms with van der Waals surface area (Å²) in [5, 5.41) is 0. The van der Waals surface area contributed by atoms with Crippen LogP contribution in [-0.4, -0.2) is 36.3 Å². The highest BCUT2D eigenvalue weighted by atomic mass is 32.2. The summed E-state index contributed by atoms with van der Waals surface area (Å²) in [5.74, 6) is -0.193. The zero-order valence-electron chi connectivity index (χ0n) is 9.79. The second-order valence-corrected chi connectivity index (χ2v) is 5.19. The van der Waals surface area contributed by atoms with Gasteiger partial charge in [-0.3, -0.25) is 4.79 Å². The minimum atomic E-state index is -0.484. The first-order chi connectivity index (χ1) is 6.35. The Kier molecular flexibility index (Phi) is 5.52. The number of hydrogen-bond donors (Lipinski definition) is 0. The molecule has 0 bridgehead atoms. The number of thioether (sulfide) groups is 1. The molecule has 14 heavy (non-hydrogen) atoms. The number of methoxy groups -OCH3 is 1. The summed E-state index contributed by atoms with van der Waals surface area (Å²) in [6, 6.07) is 0. The maximum Gasteiger partial charge on any atom is 0.321 e. The largest absolute Gasteiger partial charge is 0.459 e. The Balaban J connectivity index is 4.19. The van der Waals surface area contributed by atoms with Crippen molar-refractivity contribution in [2.45, 2.75) is 44.6 Å². The van der Waals surface area contributed by atoms with E-state index in [0.29, 0.717) is 0 Å². The zero-order chi connectivity index (χ0) is 11.4. The summed E-state index contributed by atoms with van der Waals surface area (Å²) in [6.07, 6.45) is 1.61. The Labute approximate surface area is 90.5 Å². The van der Waals surface area contributed by atoms with E-state index in [9.17, 15) is 4.79 Å². The van der Waals surface area contributed by atoms with Crippen molar-refractivity contribution in [2.24, 2.45) is 0 Å². The van der Waals surface area contributed by atoms with Gasteiger partial charge in [0.25, 0.3) is 0 Å². The molecule has 0 aliphatic rings. The van der Waals surface area contributed by atoms with Crippen LogP contribution in [0.3, 0.4) is 0 Å². The van der Waals surface area contributed by atoms with E-state index in [1.54, 1.807) is 7.11 Å². The molecule has 0 saturated carbocycles. The van der Waals surface area contributed by atoms with Crippen molar-refractivity contribution in [2.75, 3.05) is 13.4 Å². The predicted molar refractivity (Wildman–Crippen MR) is 59.6 cm³/mol. The van der Waals surface area contributed by atoms with Crippen molar-refractivity contribution in [3.63, 3.8) is 0 Å². The Morgan fingerprint density at radius 2 is 1.79 bits per heavy atom. The molecule has 0 rings (SSSR count).